The molecule has 1 fully saturated rings. The van der Waals surface area contributed by atoms with Crippen LogP contribution in [0.1, 0.15) is 26.2 Å². The Hall–Kier alpha value is -0.240. The average molecular weight is 251 g/mol. The van der Waals surface area contributed by atoms with Crippen LogP contribution in [-0.4, -0.2) is 36.8 Å². The number of nitrogens with one attached hydrogen (secondary N) is 1. The van der Waals surface area contributed by atoms with Crippen molar-refractivity contribution in [2.75, 3.05) is 13.1 Å². The van der Waals surface area contributed by atoms with Gasteiger partial charge in [-0.25, -0.2) is 0 Å². The molecule has 0 spiro atoms. The Morgan fingerprint density at radius 1 is 1.53 bits per heavy atom. The van der Waals surface area contributed by atoms with E-state index in [1.165, 1.54) is 4.31 Å². The second-order valence-electron chi connectivity index (χ2n) is 3.80. The Kier molecular flexibility index (Phi) is 4.45. The van der Waals surface area contributed by atoms with E-state index in [-0.39, 0.29) is 6.04 Å². The summed E-state index contributed by atoms with van der Waals surface area (Å²) in [7, 11) is -3.34. The van der Waals surface area contributed by atoms with Crippen molar-refractivity contribution in [3.63, 3.8) is 0 Å². The lowest BCUT2D eigenvalue weighted by Crippen LogP contribution is -2.44. The van der Waals surface area contributed by atoms with E-state index in [2.05, 4.69) is 4.72 Å². The zero-order valence-electron chi connectivity index (χ0n) is 8.77. The summed E-state index contributed by atoms with van der Waals surface area (Å²) >= 11 is 4.73. The van der Waals surface area contributed by atoms with Crippen LogP contribution in [0.2, 0.25) is 0 Å². The summed E-state index contributed by atoms with van der Waals surface area (Å²) < 4.78 is 27.5. The molecular formula is C8H17N3O2S2. The maximum absolute atomic E-state index is 11.8. The van der Waals surface area contributed by atoms with Gasteiger partial charge in [-0.3, -0.25) is 0 Å². The van der Waals surface area contributed by atoms with E-state index in [1.54, 1.807) is 6.92 Å². The molecule has 0 aromatic carbocycles. The van der Waals surface area contributed by atoms with Gasteiger partial charge in [0.2, 0.25) is 0 Å². The van der Waals surface area contributed by atoms with Gasteiger partial charge in [-0.05, 0) is 19.8 Å². The van der Waals surface area contributed by atoms with E-state index in [0.717, 1.165) is 12.8 Å². The van der Waals surface area contributed by atoms with Crippen molar-refractivity contribution >= 4 is 27.4 Å². The summed E-state index contributed by atoms with van der Waals surface area (Å²) in [6.07, 6.45) is 2.26. The van der Waals surface area contributed by atoms with Gasteiger partial charge in [-0.1, -0.05) is 12.2 Å². The number of nitrogens with zero attached hydrogens (tertiary/aromatic N) is 1. The zero-order chi connectivity index (χ0) is 11.5. The van der Waals surface area contributed by atoms with Crippen LogP contribution in [0.3, 0.4) is 0 Å². The highest BCUT2D eigenvalue weighted by Gasteiger charge is 2.26. The molecule has 1 rings (SSSR count). The first-order valence-electron chi connectivity index (χ1n) is 4.97. The van der Waals surface area contributed by atoms with Crippen LogP contribution < -0.4 is 10.5 Å². The third kappa shape index (κ3) is 4.02. The molecule has 7 heteroatoms. The molecule has 15 heavy (non-hydrogen) atoms. The van der Waals surface area contributed by atoms with E-state index < -0.39 is 10.2 Å². The van der Waals surface area contributed by atoms with Crippen LogP contribution in [0.4, 0.5) is 0 Å². The highest BCUT2D eigenvalue weighted by Crippen LogP contribution is 2.11. The number of hydrogen-bond donors (Lipinski definition) is 2. The first kappa shape index (κ1) is 12.8. The lowest BCUT2D eigenvalue weighted by Gasteiger charge is -2.19. The number of nitrogens with two attached hydrogens (primary N) is 1. The summed E-state index contributed by atoms with van der Waals surface area (Å²) in [6.45, 7) is 2.97. The van der Waals surface area contributed by atoms with Gasteiger partial charge >= 0.3 is 0 Å². The van der Waals surface area contributed by atoms with Gasteiger partial charge in [0.15, 0.2) is 0 Å². The summed E-state index contributed by atoms with van der Waals surface area (Å²) in [5.74, 6) is 0. The predicted molar refractivity (Wildman–Crippen MR) is 63.7 cm³/mol. The molecule has 0 aromatic rings. The van der Waals surface area contributed by atoms with E-state index in [9.17, 15) is 8.42 Å². The van der Waals surface area contributed by atoms with Gasteiger partial charge in [0.25, 0.3) is 10.2 Å². The highest BCUT2D eigenvalue weighted by atomic mass is 32.2. The maximum Gasteiger partial charge on any atom is 0.279 e. The lowest BCUT2D eigenvalue weighted by atomic mass is 10.3. The molecule has 0 aliphatic carbocycles. The molecule has 1 atom stereocenters. The SMILES string of the molecule is CC(CC(N)=S)NS(=O)(=O)N1CCCC1. The molecular weight excluding hydrogens is 234 g/mol. The van der Waals surface area contributed by atoms with Crippen LogP contribution >= 0.6 is 12.2 Å². The summed E-state index contributed by atoms with van der Waals surface area (Å²) in [5, 5.41) is 0. The normalized spacial score (nSPS) is 20.3. The first-order valence-corrected chi connectivity index (χ1v) is 6.82. The Bertz CT molecular complexity index is 323. The molecule has 0 amide bonds. The molecule has 1 heterocycles. The standard InChI is InChI=1S/C8H17N3O2S2/c1-7(6-8(9)14)10-15(12,13)11-4-2-3-5-11/h7,10H,2-6H2,1H3,(H2,9,14). The van der Waals surface area contributed by atoms with E-state index in [1.807, 2.05) is 0 Å². The third-order valence-electron chi connectivity index (χ3n) is 2.26. The number of rotatable bonds is 5. The Balaban J connectivity index is 2.51. The van der Waals surface area contributed by atoms with Gasteiger partial charge in [-0.2, -0.15) is 17.4 Å². The Labute approximate surface area is 96.2 Å². The summed E-state index contributed by atoms with van der Waals surface area (Å²) in [4.78, 5) is 0.326. The van der Waals surface area contributed by atoms with Crippen LogP contribution in [-0.2, 0) is 10.2 Å². The average Bonchev–Trinajstić information content (AvgIpc) is 2.51. The monoisotopic (exact) mass is 251 g/mol. The fourth-order valence-electron chi connectivity index (χ4n) is 1.60. The summed E-state index contributed by atoms with van der Waals surface area (Å²) in [6, 6.07) is -0.243. The van der Waals surface area contributed by atoms with Gasteiger partial charge < -0.3 is 5.73 Å². The quantitative estimate of drug-likeness (QED) is 0.673. The first-order chi connectivity index (χ1) is 6.92. The number of hydrogen-bond acceptors (Lipinski definition) is 3. The molecule has 1 unspecified atom stereocenters. The molecule has 1 aliphatic rings. The molecule has 0 bridgehead atoms. The number of thiocarbonyl (C=S) groups is 1. The highest BCUT2D eigenvalue weighted by molar-refractivity contribution is 7.87. The van der Waals surface area contributed by atoms with Crippen molar-refractivity contribution in [2.24, 2.45) is 5.73 Å². The minimum absolute atomic E-state index is 0.243. The van der Waals surface area contributed by atoms with Gasteiger partial charge in [0, 0.05) is 25.6 Å². The Morgan fingerprint density at radius 3 is 2.53 bits per heavy atom. The van der Waals surface area contributed by atoms with Crippen molar-refractivity contribution < 1.29 is 8.42 Å². The zero-order valence-corrected chi connectivity index (χ0v) is 10.4. The van der Waals surface area contributed by atoms with Crippen molar-refractivity contribution in [1.82, 2.24) is 9.03 Å². The second kappa shape index (κ2) is 5.20. The molecule has 3 N–H and O–H groups in total. The van der Waals surface area contributed by atoms with Gasteiger partial charge in [-0.15, -0.1) is 0 Å². The van der Waals surface area contributed by atoms with Gasteiger partial charge in [0.1, 0.15) is 0 Å². The predicted octanol–water partition coefficient (Wildman–Crippen LogP) is -0.0187. The topological polar surface area (TPSA) is 75.4 Å². The second-order valence-corrected chi connectivity index (χ2v) is 6.03. The molecule has 1 saturated heterocycles. The largest absolute Gasteiger partial charge is 0.393 e. The van der Waals surface area contributed by atoms with Crippen molar-refractivity contribution in [3.05, 3.63) is 0 Å². The molecule has 88 valence electrons. The minimum atomic E-state index is -3.34. The minimum Gasteiger partial charge on any atom is -0.393 e. The van der Waals surface area contributed by atoms with Crippen LogP contribution in [0.25, 0.3) is 0 Å². The fraction of sp³-hybridized carbons (Fsp3) is 0.875. The molecule has 5 nitrogen and oxygen atoms in total. The lowest BCUT2D eigenvalue weighted by molar-refractivity contribution is 0.456. The Morgan fingerprint density at radius 2 is 2.07 bits per heavy atom. The molecule has 0 radical (unpaired) electrons. The van der Waals surface area contributed by atoms with Gasteiger partial charge in [0.05, 0.1) is 4.99 Å². The van der Waals surface area contributed by atoms with Crippen LogP contribution in [0.15, 0.2) is 0 Å². The van der Waals surface area contributed by atoms with E-state index in [4.69, 9.17) is 18.0 Å². The molecule has 0 aromatic heterocycles. The molecule has 0 saturated carbocycles. The van der Waals surface area contributed by atoms with Crippen molar-refractivity contribution in [3.8, 4) is 0 Å². The smallest absolute Gasteiger partial charge is 0.279 e. The maximum atomic E-state index is 11.8. The van der Waals surface area contributed by atoms with Crippen LogP contribution in [0, 0.1) is 0 Å². The van der Waals surface area contributed by atoms with Crippen molar-refractivity contribution in [1.29, 1.82) is 0 Å². The molecule has 1 aliphatic heterocycles. The van der Waals surface area contributed by atoms with Crippen LogP contribution in [0.5, 0.6) is 0 Å². The van der Waals surface area contributed by atoms with E-state index in [0.29, 0.717) is 24.5 Å². The fourth-order valence-corrected chi connectivity index (χ4v) is 3.33. The third-order valence-corrected chi connectivity index (χ3v) is 4.17. The summed E-state index contributed by atoms with van der Waals surface area (Å²) in [5.41, 5.74) is 5.35. The van der Waals surface area contributed by atoms with E-state index >= 15 is 0 Å². The van der Waals surface area contributed by atoms with Crippen molar-refractivity contribution in [2.45, 2.75) is 32.2 Å².